The minimum absolute atomic E-state index is 0.480. The number of nitrogens with zero attached hydrogens (tertiary/aromatic N) is 2. The molecular formula is C13H26N4O3S. The number of hydrazine groups is 1. The van der Waals surface area contributed by atoms with Crippen LogP contribution in [-0.2, 0) is 10.2 Å². The van der Waals surface area contributed by atoms with Crippen molar-refractivity contribution in [3.63, 3.8) is 0 Å². The van der Waals surface area contributed by atoms with Gasteiger partial charge in [0.25, 0.3) is 0 Å². The molecule has 2 amide bonds. The monoisotopic (exact) mass is 318 g/mol. The molecule has 2 fully saturated rings. The highest BCUT2D eigenvalue weighted by Crippen LogP contribution is 2.17. The third kappa shape index (κ3) is 5.12. The third-order valence-electron chi connectivity index (χ3n) is 4.17. The van der Waals surface area contributed by atoms with Gasteiger partial charge in [-0.2, -0.15) is 12.7 Å². The number of urea groups is 1. The molecule has 0 aliphatic carbocycles. The van der Waals surface area contributed by atoms with Gasteiger partial charge in [-0.15, -0.1) is 0 Å². The largest absolute Gasteiger partial charge is 0.343 e. The van der Waals surface area contributed by atoms with Crippen LogP contribution in [0.3, 0.4) is 0 Å². The predicted octanol–water partition coefficient (Wildman–Crippen LogP) is 1.05. The molecule has 2 heterocycles. The summed E-state index contributed by atoms with van der Waals surface area (Å²) in [5.41, 5.74) is 2.64. The summed E-state index contributed by atoms with van der Waals surface area (Å²) in [6.45, 7) is 4.62. The smallest absolute Gasteiger partial charge is 0.270 e. The van der Waals surface area contributed by atoms with Gasteiger partial charge in [-0.3, -0.25) is 5.43 Å². The van der Waals surface area contributed by atoms with Gasteiger partial charge < -0.3 is 0 Å². The highest BCUT2D eigenvalue weighted by Gasteiger charge is 2.28. The van der Waals surface area contributed by atoms with E-state index in [0.29, 0.717) is 19.0 Å². The maximum Gasteiger partial charge on any atom is 0.343 e. The van der Waals surface area contributed by atoms with Crippen molar-refractivity contribution in [3.8, 4) is 0 Å². The van der Waals surface area contributed by atoms with E-state index in [1.165, 1.54) is 4.31 Å². The number of piperidine rings is 1. The van der Waals surface area contributed by atoms with Gasteiger partial charge in [0.15, 0.2) is 0 Å². The minimum atomic E-state index is -3.72. The van der Waals surface area contributed by atoms with Crippen LogP contribution in [0.2, 0.25) is 0 Å². The van der Waals surface area contributed by atoms with Crippen LogP contribution >= 0.6 is 0 Å². The molecule has 0 bridgehead atoms. The highest BCUT2D eigenvalue weighted by molar-refractivity contribution is 7.87. The standard InChI is InChI=1S/C13H26N4O3S/c1-12-6-10-17(11-7-12)21(19,20)15-13(18)14-16-8-4-2-3-5-9-16/h12H,2-11H2,1H3,(H2,14,15,18). The fourth-order valence-electron chi connectivity index (χ4n) is 2.76. The zero-order valence-electron chi connectivity index (χ0n) is 12.7. The summed E-state index contributed by atoms with van der Waals surface area (Å²) in [6.07, 6.45) is 6.05. The SMILES string of the molecule is CC1CCN(S(=O)(=O)NC(=O)NN2CCCCCC2)CC1. The van der Waals surface area contributed by atoms with Crippen LogP contribution in [0.4, 0.5) is 4.79 Å². The summed E-state index contributed by atoms with van der Waals surface area (Å²) in [6, 6.07) is -0.657. The van der Waals surface area contributed by atoms with Gasteiger partial charge in [-0.05, 0) is 31.6 Å². The second-order valence-electron chi connectivity index (χ2n) is 6.03. The van der Waals surface area contributed by atoms with E-state index in [1.807, 2.05) is 0 Å². The second-order valence-corrected chi connectivity index (χ2v) is 7.70. The van der Waals surface area contributed by atoms with Crippen LogP contribution < -0.4 is 10.1 Å². The average Bonchev–Trinajstić information content (AvgIpc) is 2.67. The van der Waals surface area contributed by atoms with E-state index in [1.54, 1.807) is 5.01 Å². The number of nitrogens with one attached hydrogen (secondary N) is 2. The van der Waals surface area contributed by atoms with Crippen molar-refractivity contribution in [2.24, 2.45) is 5.92 Å². The van der Waals surface area contributed by atoms with E-state index < -0.39 is 16.2 Å². The molecule has 2 rings (SSSR count). The van der Waals surface area contributed by atoms with Crippen LogP contribution in [0.15, 0.2) is 0 Å². The molecule has 0 radical (unpaired) electrons. The Labute approximate surface area is 127 Å². The lowest BCUT2D eigenvalue weighted by atomic mass is 10.0. The Morgan fingerprint density at radius 2 is 1.57 bits per heavy atom. The van der Waals surface area contributed by atoms with Gasteiger partial charge in [0.05, 0.1) is 0 Å². The molecule has 0 aromatic heterocycles. The Hall–Kier alpha value is -0.860. The predicted molar refractivity (Wildman–Crippen MR) is 80.6 cm³/mol. The van der Waals surface area contributed by atoms with E-state index in [-0.39, 0.29) is 0 Å². The number of carbonyl (C=O) groups is 1. The molecule has 0 aromatic carbocycles. The molecule has 0 spiro atoms. The van der Waals surface area contributed by atoms with Crippen LogP contribution in [-0.4, -0.2) is 49.9 Å². The van der Waals surface area contributed by atoms with Crippen molar-refractivity contribution in [2.75, 3.05) is 26.2 Å². The zero-order chi connectivity index (χ0) is 15.3. The van der Waals surface area contributed by atoms with Crippen molar-refractivity contribution in [1.29, 1.82) is 0 Å². The number of hydrogen-bond acceptors (Lipinski definition) is 4. The molecule has 0 atom stereocenters. The number of amides is 2. The molecule has 2 aliphatic rings. The Bertz CT molecular complexity index is 438. The van der Waals surface area contributed by atoms with E-state index in [2.05, 4.69) is 17.1 Å². The van der Waals surface area contributed by atoms with Crippen LogP contribution in [0.5, 0.6) is 0 Å². The minimum Gasteiger partial charge on any atom is -0.270 e. The Kier molecular flexibility index (Phi) is 5.83. The summed E-state index contributed by atoms with van der Waals surface area (Å²) in [5, 5.41) is 1.80. The van der Waals surface area contributed by atoms with Gasteiger partial charge in [-0.25, -0.2) is 14.5 Å². The van der Waals surface area contributed by atoms with E-state index in [4.69, 9.17) is 0 Å². The molecule has 7 nitrogen and oxygen atoms in total. The summed E-state index contributed by atoms with van der Waals surface area (Å²) < 4.78 is 27.8. The van der Waals surface area contributed by atoms with Gasteiger partial charge >= 0.3 is 16.2 Å². The quantitative estimate of drug-likeness (QED) is 0.815. The zero-order valence-corrected chi connectivity index (χ0v) is 13.5. The molecule has 122 valence electrons. The fraction of sp³-hybridized carbons (Fsp3) is 0.923. The van der Waals surface area contributed by atoms with E-state index in [9.17, 15) is 13.2 Å². The highest BCUT2D eigenvalue weighted by atomic mass is 32.2. The lowest BCUT2D eigenvalue weighted by Gasteiger charge is -2.29. The topological polar surface area (TPSA) is 81.8 Å². The van der Waals surface area contributed by atoms with Crippen LogP contribution in [0.1, 0.15) is 45.4 Å². The summed E-state index contributed by atoms with van der Waals surface area (Å²) in [4.78, 5) is 11.9. The van der Waals surface area contributed by atoms with E-state index in [0.717, 1.165) is 51.6 Å². The first-order chi connectivity index (χ1) is 9.97. The first kappa shape index (κ1) is 16.5. The van der Waals surface area contributed by atoms with Crippen molar-refractivity contribution in [2.45, 2.75) is 45.4 Å². The summed E-state index contributed by atoms with van der Waals surface area (Å²) >= 11 is 0. The van der Waals surface area contributed by atoms with Gasteiger partial charge in [-0.1, -0.05) is 19.8 Å². The van der Waals surface area contributed by atoms with Crippen molar-refractivity contribution < 1.29 is 13.2 Å². The third-order valence-corrected chi connectivity index (χ3v) is 5.66. The molecular weight excluding hydrogens is 292 g/mol. The van der Waals surface area contributed by atoms with Crippen LogP contribution in [0.25, 0.3) is 0 Å². The number of hydrogen-bond donors (Lipinski definition) is 2. The fourth-order valence-corrected chi connectivity index (χ4v) is 3.86. The Morgan fingerprint density at radius 3 is 2.14 bits per heavy atom. The molecule has 0 saturated carbocycles. The Morgan fingerprint density at radius 1 is 1.00 bits per heavy atom. The normalized spacial score (nSPS) is 23.5. The van der Waals surface area contributed by atoms with Crippen LogP contribution in [0, 0.1) is 5.92 Å². The Balaban J connectivity index is 1.83. The molecule has 8 heteroatoms. The lowest BCUT2D eigenvalue weighted by Crippen LogP contribution is -2.53. The van der Waals surface area contributed by atoms with Crippen molar-refractivity contribution in [3.05, 3.63) is 0 Å². The van der Waals surface area contributed by atoms with E-state index >= 15 is 0 Å². The number of rotatable bonds is 3. The maximum absolute atomic E-state index is 12.1. The molecule has 0 aromatic rings. The summed E-state index contributed by atoms with van der Waals surface area (Å²) in [5.74, 6) is 0.544. The molecule has 2 aliphatic heterocycles. The molecule has 2 N–H and O–H groups in total. The first-order valence-electron chi connectivity index (χ1n) is 7.81. The average molecular weight is 318 g/mol. The van der Waals surface area contributed by atoms with Gasteiger partial charge in [0, 0.05) is 26.2 Å². The molecule has 21 heavy (non-hydrogen) atoms. The van der Waals surface area contributed by atoms with Crippen molar-refractivity contribution in [1.82, 2.24) is 19.5 Å². The summed E-state index contributed by atoms with van der Waals surface area (Å²) in [7, 11) is -3.72. The van der Waals surface area contributed by atoms with Crippen molar-refractivity contribution >= 4 is 16.2 Å². The first-order valence-corrected chi connectivity index (χ1v) is 9.25. The molecule has 0 unspecified atom stereocenters. The van der Waals surface area contributed by atoms with Gasteiger partial charge in [0.2, 0.25) is 0 Å². The second kappa shape index (κ2) is 7.42. The maximum atomic E-state index is 12.1. The van der Waals surface area contributed by atoms with Gasteiger partial charge in [0.1, 0.15) is 0 Å². The lowest BCUT2D eigenvalue weighted by molar-refractivity contribution is 0.183. The molecule has 2 saturated heterocycles. The number of carbonyl (C=O) groups excluding carboxylic acids is 1.